The molecule has 6 nitrogen and oxygen atoms in total. The van der Waals surface area contributed by atoms with Crippen LogP contribution >= 0.6 is 11.3 Å². The molecule has 0 radical (unpaired) electrons. The molecule has 2 rings (SSSR count). The Bertz CT molecular complexity index is 570. The summed E-state index contributed by atoms with van der Waals surface area (Å²) < 4.78 is 0. The van der Waals surface area contributed by atoms with Crippen molar-refractivity contribution in [3.8, 4) is 0 Å². The summed E-state index contributed by atoms with van der Waals surface area (Å²) in [5, 5.41) is 4.81. The molecule has 1 saturated heterocycles. The number of nitrogens with zero attached hydrogens (tertiary/aromatic N) is 2. The molecule has 3 N–H and O–H groups in total. The first-order chi connectivity index (χ1) is 10.8. The van der Waals surface area contributed by atoms with Gasteiger partial charge in [-0.3, -0.25) is 10.1 Å². The second-order valence-electron chi connectivity index (χ2n) is 6.66. The third-order valence-corrected chi connectivity index (χ3v) is 4.85. The van der Waals surface area contributed by atoms with Crippen molar-refractivity contribution in [3.05, 3.63) is 10.7 Å². The minimum Gasteiger partial charge on any atom is -0.370 e. The molecule has 0 aromatic carbocycles. The van der Waals surface area contributed by atoms with Gasteiger partial charge >= 0.3 is 6.03 Å². The van der Waals surface area contributed by atoms with Gasteiger partial charge in [0.1, 0.15) is 5.00 Å². The van der Waals surface area contributed by atoms with Crippen molar-refractivity contribution in [1.29, 1.82) is 0 Å². The fourth-order valence-electron chi connectivity index (χ4n) is 2.97. The molecule has 1 aromatic heterocycles. The predicted molar refractivity (Wildman–Crippen MR) is 92.5 cm³/mol. The predicted octanol–water partition coefficient (Wildman–Crippen LogP) is 2.77. The number of primary amides is 1. The fourth-order valence-corrected chi connectivity index (χ4v) is 3.81. The Kier molecular flexibility index (Phi) is 5.98. The summed E-state index contributed by atoms with van der Waals surface area (Å²) in [6, 6.07) is -0.104. The van der Waals surface area contributed by atoms with Gasteiger partial charge in [-0.15, -0.1) is 11.3 Å². The van der Waals surface area contributed by atoms with Gasteiger partial charge in [-0.05, 0) is 38.0 Å². The Morgan fingerprint density at radius 3 is 2.87 bits per heavy atom. The topological polar surface area (TPSA) is 88.3 Å². The zero-order valence-corrected chi connectivity index (χ0v) is 14.9. The van der Waals surface area contributed by atoms with Crippen molar-refractivity contribution < 1.29 is 9.59 Å². The summed E-state index contributed by atoms with van der Waals surface area (Å²) in [6.45, 7) is 7.54. The lowest BCUT2D eigenvalue weighted by molar-refractivity contribution is -0.119. The summed E-state index contributed by atoms with van der Waals surface area (Å²) >= 11 is 1.52. The number of piperidine rings is 1. The van der Waals surface area contributed by atoms with Crippen molar-refractivity contribution >= 4 is 28.3 Å². The molecular weight excluding hydrogens is 312 g/mol. The number of amides is 3. The first kappa shape index (κ1) is 17.7. The second kappa shape index (κ2) is 7.77. The lowest BCUT2D eigenvalue weighted by Gasteiger charge is -2.32. The average molecular weight is 338 g/mol. The maximum absolute atomic E-state index is 12.5. The van der Waals surface area contributed by atoms with Crippen molar-refractivity contribution in [2.24, 2.45) is 17.6 Å². The van der Waals surface area contributed by atoms with Crippen LogP contribution < -0.4 is 11.1 Å². The molecule has 0 spiro atoms. The zero-order valence-electron chi connectivity index (χ0n) is 14.1. The minimum absolute atomic E-state index is 0.104. The number of aryl methyl sites for hydroxylation is 1. The highest BCUT2D eigenvalue weighted by atomic mass is 32.1. The van der Waals surface area contributed by atoms with Crippen LogP contribution in [0.3, 0.4) is 0 Å². The lowest BCUT2D eigenvalue weighted by atomic mass is 9.95. The molecule has 2 heterocycles. The molecule has 3 amide bonds. The lowest BCUT2D eigenvalue weighted by Crippen LogP contribution is -2.43. The quantitative estimate of drug-likeness (QED) is 0.865. The summed E-state index contributed by atoms with van der Waals surface area (Å²) in [4.78, 5) is 29.9. The Hall–Kier alpha value is -1.63. The first-order valence-corrected chi connectivity index (χ1v) is 8.97. The van der Waals surface area contributed by atoms with Gasteiger partial charge in [0.15, 0.2) is 0 Å². The summed E-state index contributed by atoms with van der Waals surface area (Å²) in [6.07, 6.45) is 3.06. The van der Waals surface area contributed by atoms with E-state index in [9.17, 15) is 9.59 Å². The number of hydrogen-bond acceptors (Lipinski definition) is 4. The Morgan fingerprint density at radius 1 is 1.48 bits per heavy atom. The van der Waals surface area contributed by atoms with Crippen LogP contribution in [0.2, 0.25) is 0 Å². The third-order valence-electron chi connectivity index (χ3n) is 3.92. The van der Waals surface area contributed by atoms with Gasteiger partial charge in [0.25, 0.3) is 0 Å². The second-order valence-corrected chi connectivity index (χ2v) is 7.86. The summed E-state index contributed by atoms with van der Waals surface area (Å²) in [7, 11) is 0. The molecule has 1 aromatic rings. The Morgan fingerprint density at radius 2 is 2.22 bits per heavy atom. The first-order valence-electron chi connectivity index (χ1n) is 8.15. The molecule has 1 fully saturated rings. The van der Waals surface area contributed by atoms with Crippen LogP contribution in [0.1, 0.15) is 43.8 Å². The number of anilines is 1. The molecule has 1 aliphatic rings. The van der Waals surface area contributed by atoms with Crippen LogP contribution in [0, 0.1) is 18.8 Å². The molecular formula is C16H26N4O2S. The van der Waals surface area contributed by atoms with Gasteiger partial charge in [-0.25, -0.2) is 9.78 Å². The zero-order chi connectivity index (χ0) is 17.0. The number of urea groups is 1. The Balaban J connectivity index is 2.00. The van der Waals surface area contributed by atoms with Crippen molar-refractivity contribution in [3.63, 3.8) is 0 Å². The standard InChI is InChI=1S/C16H26N4O2S/c1-10(2)7-13-15(23-11(3)18-13)19-16(22)20-6-4-5-12(9-20)8-14(17)21/h10,12H,4-9H2,1-3H3,(H2,17,21)(H,19,22)/t12-/m0/s1. The van der Waals surface area contributed by atoms with Gasteiger partial charge in [-0.2, -0.15) is 0 Å². The normalized spacial score (nSPS) is 18.3. The maximum Gasteiger partial charge on any atom is 0.322 e. The van der Waals surface area contributed by atoms with E-state index < -0.39 is 0 Å². The number of nitrogens with two attached hydrogens (primary N) is 1. The van der Waals surface area contributed by atoms with E-state index in [0.29, 0.717) is 18.9 Å². The minimum atomic E-state index is -0.297. The van der Waals surface area contributed by atoms with Crippen molar-refractivity contribution in [2.45, 2.75) is 46.5 Å². The smallest absolute Gasteiger partial charge is 0.322 e. The number of thiazole rings is 1. The van der Waals surface area contributed by atoms with Gasteiger partial charge in [-0.1, -0.05) is 13.8 Å². The van der Waals surface area contributed by atoms with Gasteiger partial charge in [0, 0.05) is 19.5 Å². The molecule has 0 saturated carbocycles. The number of carbonyl (C=O) groups is 2. The summed E-state index contributed by atoms with van der Waals surface area (Å²) in [5.74, 6) is 0.363. The van der Waals surface area contributed by atoms with E-state index in [1.807, 2.05) is 6.92 Å². The highest BCUT2D eigenvalue weighted by Crippen LogP contribution is 2.27. The van der Waals surface area contributed by atoms with E-state index in [1.165, 1.54) is 11.3 Å². The fraction of sp³-hybridized carbons (Fsp3) is 0.688. The molecule has 128 valence electrons. The molecule has 7 heteroatoms. The largest absolute Gasteiger partial charge is 0.370 e. The monoisotopic (exact) mass is 338 g/mol. The SMILES string of the molecule is Cc1nc(CC(C)C)c(NC(=O)N2CCC[C@@H](CC(N)=O)C2)s1. The number of hydrogen-bond donors (Lipinski definition) is 2. The number of rotatable bonds is 5. The van der Waals surface area contributed by atoms with Crippen molar-refractivity contribution in [2.75, 3.05) is 18.4 Å². The van der Waals surface area contributed by atoms with Crippen molar-refractivity contribution in [1.82, 2.24) is 9.88 Å². The van der Waals surface area contributed by atoms with Crippen LogP contribution in [0.5, 0.6) is 0 Å². The van der Waals surface area contributed by atoms with Gasteiger partial charge in [0.05, 0.1) is 10.7 Å². The highest BCUT2D eigenvalue weighted by molar-refractivity contribution is 7.16. The molecule has 1 aliphatic heterocycles. The molecule has 1 atom stereocenters. The number of aromatic nitrogens is 1. The third kappa shape index (κ3) is 5.20. The van der Waals surface area contributed by atoms with E-state index >= 15 is 0 Å². The van der Waals surface area contributed by atoms with Crippen LogP contribution in [0.25, 0.3) is 0 Å². The van der Waals surface area contributed by atoms with Crippen LogP contribution in [-0.4, -0.2) is 34.9 Å². The Labute approximate surface area is 141 Å². The van der Waals surface area contributed by atoms with E-state index in [4.69, 9.17) is 5.73 Å². The average Bonchev–Trinajstić information content (AvgIpc) is 2.77. The van der Waals surface area contributed by atoms with E-state index in [0.717, 1.165) is 41.5 Å². The van der Waals surface area contributed by atoms with Crippen LogP contribution in [-0.2, 0) is 11.2 Å². The molecule has 0 bridgehead atoms. The maximum atomic E-state index is 12.5. The van der Waals surface area contributed by atoms with Crippen LogP contribution in [0.15, 0.2) is 0 Å². The molecule has 0 aliphatic carbocycles. The number of nitrogens with one attached hydrogen (secondary N) is 1. The number of likely N-dealkylation sites (tertiary alicyclic amines) is 1. The van der Waals surface area contributed by atoms with E-state index in [-0.39, 0.29) is 17.9 Å². The molecule has 0 unspecified atom stereocenters. The van der Waals surface area contributed by atoms with Gasteiger partial charge < -0.3 is 10.6 Å². The molecule has 23 heavy (non-hydrogen) atoms. The highest BCUT2D eigenvalue weighted by Gasteiger charge is 2.25. The van der Waals surface area contributed by atoms with E-state index in [1.54, 1.807) is 4.90 Å². The van der Waals surface area contributed by atoms with Gasteiger partial charge in [0.2, 0.25) is 5.91 Å². The van der Waals surface area contributed by atoms with E-state index in [2.05, 4.69) is 24.1 Å². The van der Waals surface area contributed by atoms with Crippen LogP contribution in [0.4, 0.5) is 9.80 Å². The summed E-state index contributed by atoms with van der Waals surface area (Å²) in [5.41, 5.74) is 6.23. The number of carbonyl (C=O) groups excluding carboxylic acids is 2.